The second-order valence-corrected chi connectivity index (χ2v) is 4.29. The summed E-state index contributed by atoms with van der Waals surface area (Å²) in [5, 5.41) is 18.3. The van der Waals surface area contributed by atoms with Crippen LogP contribution in [0.3, 0.4) is 0 Å². The quantitative estimate of drug-likeness (QED) is 0.689. The number of carboxylic acid groups (broad SMARTS) is 1. The van der Waals surface area contributed by atoms with Gasteiger partial charge in [-0.1, -0.05) is 13.8 Å². The number of aromatic nitrogens is 1. The van der Waals surface area contributed by atoms with Crippen molar-refractivity contribution in [3.63, 3.8) is 0 Å². The average Bonchev–Trinajstić information content (AvgIpc) is 2.39. The first-order valence-electron chi connectivity index (χ1n) is 6.42. The lowest BCUT2D eigenvalue weighted by Crippen LogP contribution is -2.38. The van der Waals surface area contributed by atoms with Gasteiger partial charge in [-0.2, -0.15) is 0 Å². The second-order valence-electron chi connectivity index (χ2n) is 4.29. The normalized spacial score (nSPS) is 10.7. The van der Waals surface area contributed by atoms with Crippen LogP contribution in [0.5, 0.6) is 0 Å². The summed E-state index contributed by atoms with van der Waals surface area (Å²) in [6.45, 7) is 4.42. The molecule has 0 saturated carbocycles. The molecule has 0 spiro atoms. The molecule has 0 aromatic carbocycles. The van der Waals surface area contributed by atoms with Gasteiger partial charge < -0.3 is 20.8 Å². The summed E-state index contributed by atoms with van der Waals surface area (Å²) in [4.78, 5) is 17.1. The predicted molar refractivity (Wildman–Crippen MR) is 74.4 cm³/mol. The summed E-state index contributed by atoms with van der Waals surface area (Å²) in [7, 11) is 0. The van der Waals surface area contributed by atoms with Crippen LogP contribution in [0.2, 0.25) is 0 Å². The van der Waals surface area contributed by atoms with Crippen LogP contribution in [0.4, 0.5) is 11.5 Å². The van der Waals surface area contributed by atoms with Crippen molar-refractivity contribution in [2.24, 2.45) is 0 Å². The summed E-state index contributed by atoms with van der Waals surface area (Å²) < 4.78 is 0. The molecule has 0 aliphatic carbocycles. The third kappa shape index (κ3) is 3.35. The van der Waals surface area contributed by atoms with Gasteiger partial charge in [-0.3, -0.25) is 0 Å². The van der Waals surface area contributed by atoms with E-state index in [1.807, 2.05) is 18.7 Å². The van der Waals surface area contributed by atoms with Crippen LogP contribution in [0.1, 0.15) is 37.0 Å². The first-order chi connectivity index (χ1) is 9.06. The molecule has 0 saturated heterocycles. The maximum atomic E-state index is 11.1. The fourth-order valence-corrected chi connectivity index (χ4v) is 2.18. The standard InChI is InChI=1S/C13H21N3O3/c1-3-9(4-2)16(7-8-17)12-11(14)10(13(18)19)5-6-15-12/h5-6,9,17H,3-4,7-8,14H2,1-2H3,(H,18,19). The van der Waals surface area contributed by atoms with E-state index < -0.39 is 5.97 Å². The molecule has 1 aromatic rings. The van der Waals surface area contributed by atoms with E-state index in [0.29, 0.717) is 12.4 Å². The number of nitrogen functional groups attached to an aromatic ring is 1. The number of aliphatic hydroxyl groups excluding tert-OH is 1. The second kappa shape index (κ2) is 6.94. The Morgan fingerprint density at radius 2 is 2.11 bits per heavy atom. The summed E-state index contributed by atoms with van der Waals surface area (Å²) in [5.74, 6) is -0.641. The fraction of sp³-hybridized carbons (Fsp3) is 0.538. The highest BCUT2D eigenvalue weighted by molar-refractivity contribution is 5.96. The van der Waals surface area contributed by atoms with Crippen molar-refractivity contribution in [3.05, 3.63) is 17.8 Å². The maximum Gasteiger partial charge on any atom is 0.337 e. The van der Waals surface area contributed by atoms with Crippen LogP contribution >= 0.6 is 0 Å². The zero-order valence-corrected chi connectivity index (χ0v) is 11.3. The number of nitrogens with two attached hydrogens (primary N) is 1. The van der Waals surface area contributed by atoms with Crippen molar-refractivity contribution in [2.75, 3.05) is 23.8 Å². The average molecular weight is 267 g/mol. The molecule has 0 radical (unpaired) electrons. The van der Waals surface area contributed by atoms with Gasteiger partial charge in [0.05, 0.1) is 17.9 Å². The maximum absolute atomic E-state index is 11.1. The van der Waals surface area contributed by atoms with Crippen LogP contribution in [0, 0.1) is 0 Å². The van der Waals surface area contributed by atoms with Gasteiger partial charge in [-0.15, -0.1) is 0 Å². The van der Waals surface area contributed by atoms with Crippen molar-refractivity contribution >= 4 is 17.5 Å². The number of aliphatic hydroxyl groups is 1. The zero-order chi connectivity index (χ0) is 14.4. The van der Waals surface area contributed by atoms with Gasteiger partial charge in [0.1, 0.15) is 0 Å². The number of nitrogens with zero attached hydrogens (tertiary/aromatic N) is 2. The van der Waals surface area contributed by atoms with Gasteiger partial charge in [0.2, 0.25) is 0 Å². The largest absolute Gasteiger partial charge is 0.478 e. The number of carboxylic acids is 1. The summed E-state index contributed by atoms with van der Waals surface area (Å²) in [6.07, 6.45) is 3.17. The molecule has 19 heavy (non-hydrogen) atoms. The molecule has 0 amide bonds. The van der Waals surface area contributed by atoms with E-state index in [2.05, 4.69) is 4.98 Å². The summed E-state index contributed by atoms with van der Waals surface area (Å²) in [5.41, 5.74) is 6.09. The van der Waals surface area contributed by atoms with Crippen LogP contribution in [-0.2, 0) is 0 Å². The minimum absolute atomic E-state index is 0.0328. The lowest BCUT2D eigenvalue weighted by molar-refractivity contribution is 0.0698. The minimum atomic E-state index is -1.07. The molecule has 6 heteroatoms. The van der Waals surface area contributed by atoms with E-state index in [1.54, 1.807) is 0 Å². The van der Waals surface area contributed by atoms with E-state index in [0.717, 1.165) is 12.8 Å². The van der Waals surface area contributed by atoms with E-state index in [-0.39, 0.29) is 23.9 Å². The molecular weight excluding hydrogens is 246 g/mol. The fourth-order valence-electron chi connectivity index (χ4n) is 2.18. The van der Waals surface area contributed by atoms with Gasteiger partial charge in [0.25, 0.3) is 0 Å². The van der Waals surface area contributed by atoms with Crippen molar-refractivity contribution in [2.45, 2.75) is 32.7 Å². The number of hydrogen-bond donors (Lipinski definition) is 3. The first-order valence-corrected chi connectivity index (χ1v) is 6.42. The van der Waals surface area contributed by atoms with Crippen LogP contribution in [0.25, 0.3) is 0 Å². The highest BCUT2D eigenvalue weighted by Gasteiger charge is 2.21. The molecule has 106 valence electrons. The van der Waals surface area contributed by atoms with Gasteiger partial charge in [0.15, 0.2) is 5.82 Å². The third-order valence-electron chi connectivity index (χ3n) is 3.20. The Bertz CT molecular complexity index is 433. The predicted octanol–water partition coefficient (Wildman–Crippen LogP) is 1.35. The molecule has 0 bridgehead atoms. The Morgan fingerprint density at radius 1 is 1.47 bits per heavy atom. The Labute approximate surface area is 112 Å². The Balaban J connectivity index is 3.22. The van der Waals surface area contributed by atoms with Gasteiger partial charge in [-0.25, -0.2) is 9.78 Å². The highest BCUT2D eigenvalue weighted by Crippen LogP contribution is 2.27. The molecule has 1 aromatic heterocycles. The van der Waals surface area contributed by atoms with Crippen molar-refractivity contribution < 1.29 is 15.0 Å². The number of carbonyl (C=O) groups is 1. The van der Waals surface area contributed by atoms with Crippen molar-refractivity contribution in [3.8, 4) is 0 Å². The number of pyridine rings is 1. The Hall–Kier alpha value is -1.82. The van der Waals surface area contributed by atoms with Crippen LogP contribution in [-0.4, -0.2) is 40.4 Å². The van der Waals surface area contributed by atoms with Crippen LogP contribution < -0.4 is 10.6 Å². The zero-order valence-electron chi connectivity index (χ0n) is 11.3. The van der Waals surface area contributed by atoms with Crippen LogP contribution in [0.15, 0.2) is 12.3 Å². The summed E-state index contributed by atoms with van der Waals surface area (Å²) in [6, 6.07) is 1.55. The molecule has 0 unspecified atom stereocenters. The number of hydrogen-bond acceptors (Lipinski definition) is 5. The SMILES string of the molecule is CCC(CC)N(CCO)c1nccc(C(=O)O)c1N. The summed E-state index contributed by atoms with van der Waals surface area (Å²) >= 11 is 0. The van der Waals surface area contributed by atoms with E-state index in [4.69, 9.17) is 10.8 Å². The molecule has 1 rings (SSSR count). The first kappa shape index (κ1) is 15.2. The molecule has 0 atom stereocenters. The third-order valence-corrected chi connectivity index (χ3v) is 3.20. The monoisotopic (exact) mass is 267 g/mol. The van der Waals surface area contributed by atoms with E-state index in [9.17, 15) is 9.90 Å². The van der Waals surface area contributed by atoms with E-state index >= 15 is 0 Å². The number of anilines is 2. The molecule has 0 aliphatic rings. The molecule has 0 fully saturated rings. The lowest BCUT2D eigenvalue weighted by Gasteiger charge is -2.32. The van der Waals surface area contributed by atoms with Gasteiger partial charge in [0, 0.05) is 18.8 Å². The lowest BCUT2D eigenvalue weighted by atomic mass is 10.1. The Morgan fingerprint density at radius 3 is 2.58 bits per heavy atom. The number of rotatable bonds is 7. The van der Waals surface area contributed by atoms with Crippen molar-refractivity contribution in [1.29, 1.82) is 0 Å². The van der Waals surface area contributed by atoms with Crippen molar-refractivity contribution in [1.82, 2.24) is 4.98 Å². The molecule has 4 N–H and O–H groups in total. The number of aromatic carboxylic acids is 1. The molecule has 0 aliphatic heterocycles. The molecule has 6 nitrogen and oxygen atoms in total. The molecule has 1 heterocycles. The topological polar surface area (TPSA) is 99.7 Å². The molecular formula is C13H21N3O3. The Kier molecular flexibility index (Phi) is 5.57. The highest BCUT2D eigenvalue weighted by atomic mass is 16.4. The minimum Gasteiger partial charge on any atom is -0.478 e. The van der Waals surface area contributed by atoms with Gasteiger partial charge in [-0.05, 0) is 18.9 Å². The van der Waals surface area contributed by atoms with Gasteiger partial charge >= 0.3 is 5.97 Å². The smallest absolute Gasteiger partial charge is 0.337 e. The van der Waals surface area contributed by atoms with E-state index in [1.165, 1.54) is 12.3 Å².